The van der Waals surface area contributed by atoms with Crippen molar-refractivity contribution in [1.82, 2.24) is 4.90 Å². The van der Waals surface area contributed by atoms with Crippen molar-refractivity contribution in [3.63, 3.8) is 0 Å². The lowest BCUT2D eigenvalue weighted by molar-refractivity contribution is -0.157. The molecule has 0 spiro atoms. The Morgan fingerprint density at radius 2 is 1.88 bits per heavy atom. The molecule has 140 valence electrons. The minimum Gasteiger partial charge on any atom is -0.464 e. The Bertz CT molecular complexity index is 408. The predicted octanol–water partition coefficient (Wildman–Crippen LogP) is 4.28. The van der Waals surface area contributed by atoms with E-state index in [1.807, 2.05) is 6.92 Å². The summed E-state index contributed by atoms with van der Waals surface area (Å²) in [6.07, 6.45) is 5.72. The zero-order valence-corrected chi connectivity index (χ0v) is 16.5. The van der Waals surface area contributed by atoms with E-state index in [1.165, 1.54) is 6.42 Å². The minimum absolute atomic E-state index is 0.0382. The summed E-state index contributed by atoms with van der Waals surface area (Å²) in [4.78, 5) is 27.1. The quantitative estimate of drug-likeness (QED) is 0.490. The van der Waals surface area contributed by atoms with Crippen LogP contribution in [0.3, 0.4) is 0 Å². The minimum atomic E-state index is -0.459. The van der Waals surface area contributed by atoms with Gasteiger partial charge in [-0.2, -0.15) is 0 Å². The maximum absolute atomic E-state index is 13.1. The number of rotatable bonds is 8. The van der Waals surface area contributed by atoms with Crippen LogP contribution in [0, 0.1) is 23.7 Å². The van der Waals surface area contributed by atoms with Crippen LogP contribution in [0.5, 0.6) is 0 Å². The normalized spacial score (nSPS) is 25.4. The molecule has 4 heteroatoms. The molecule has 0 aliphatic heterocycles. The summed E-state index contributed by atoms with van der Waals surface area (Å²) in [5.74, 6) is 1.41. The van der Waals surface area contributed by atoms with E-state index in [0.29, 0.717) is 30.8 Å². The van der Waals surface area contributed by atoms with Crippen molar-refractivity contribution in [3.8, 4) is 0 Å². The van der Waals surface area contributed by atoms with Crippen molar-refractivity contribution in [2.24, 2.45) is 23.7 Å². The van der Waals surface area contributed by atoms with Crippen molar-refractivity contribution < 1.29 is 14.3 Å². The molecule has 0 radical (unpaired) electrons. The summed E-state index contributed by atoms with van der Waals surface area (Å²) < 4.78 is 5.36. The topological polar surface area (TPSA) is 46.6 Å². The molecule has 1 rings (SSSR count). The van der Waals surface area contributed by atoms with Crippen LogP contribution in [-0.4, -0.2) is 36.5 Å². The Morgan fingerprint density at radius 1 is 1.21 bits per heavy atom. The van der Waals surface area contributed by atoms with Gasteiger partial charge in [-0.25, -0.2) is 4.79 Å². The number of nitrogens with zero attached hydrogens (tertiary/aromatic N) is 1. The maximum atomic E-state index is 13.1. The van der Waals surface area contributed by atoms with Crippen LogP contribution >= 0.6 is 0 Å². The van der Waals surface area contributed by atoms with Gasteiger partial charge in [0.1, 0.15) is 6.04 Å². The van der Waals surface area contributed by atoms with E-state index in [2.05, 4.69) is 27.7 Å². The van der Waals surface area contributed by atoms with Crippen molar-refractivity contribution in [3.05, 3.63) is 0 Å². The Hall–Kier alpha value is -1.06. The van der Waals surface area contributed by atoms with Gasteiger partial charge in [0.2, 0.25) is 5.91 Å². The average molecular weight is 340 g/mol. The van der Waals surface area contributed by atoms with Crippen molar-refractivity contribution in [2.75, 3.05) is 13.7 Å². The summed E-state index contributed by atoms with van der Waals surface area (Å²) in [7, 11) is 1.77. The number of carbonyl (C=O) groups is 2. The zero-order chi connectivity index (χ0) is 18.3. The first-order valence-corrected chi connectivity index (χ1v) is 9.76. The largest absolute Gasteiger partial charge is 0.464 e. The van der Waals surface area contributed by atoms with Gasteiger partial charge in [-0.15, -0.1) is 0 Å². The molecule has 1 unspecified atom stereocenters. The molecule has 1 aliphatic rings. The van der Waals surface area contributed by atoms with Crippen LogP contribution in [0.15, 0.2) is 0 Å². The zero-order valence-electron chi connectivity index (χ0n) is 16.5. The van der Waals surface area contributed by atoms with E-state index >= 15 is 0 Å². The number of esters is 1. The van der Waals surface area contributed by atoms with Crippen LogP contribution in [0.25, 0.3) is 0 Å². The molecule has 4 nitrogen and oxygen atoms in total. The highest BCUT2D eigenvalue weighted by atomic mass is 16.5. The standard InChI is InChI=1S/C20H37NO3/c1-7-9-12-24-20(23)18(8-2)21(6)19(22)17-13-15(5)10-11-16(17)14(3)4/h14-18H,7-13H2,1-6H3/t15-,16+,17-,18?/m1/s1. The molecule has 0 saturated heterocycles. The van der Waals surface area contributed by atoms with Gasteiger partial charge in [0.05, 0.1) is 6.61 Å². The van der Waals surface area contributed by atoms with Crippen LogP contribution in [0.1, 0.15) is 73.1 Å². The van der Waals surface area contributed by atoms with Crippen molar-refractivity contribution >= 4 is 11.9 Å². The third-order valence-electron chi connectivity index (χ3n) is 5.56. The molecule has 1 aliphatic carbocycles. The molecule has 0 aromatic carbocycles. The Balaban J connectivity index is 2.79. The van der Waals surface area contributed by atoms with Crippen LogP contribution < -0.4 is 0 Å². The second-order valence-electron chi connectivity index (χ2n) is 7.83. The van der Waals surface area contributed by atoms with E-state index in [4.69, 9.17) is 4.74 Å². The first-order valence-electron chi connectivity index (χ1n) is 9.76. The molecule has 0 heterocycles. The van der Waals surface area contributed by atoms with Gasteiger partial charge in [-0.05, 0) is 43.4 Å². The number of carbonyl (C=O) groups excluding carboxylic acids is 2. The summed E-state index contributed by atoms with van der Waals surface area (Å²) in [5, 5.41) is 0. The van der Waals surface area contributed by atoms with E-state index in [-0.39, 0.29) is 17.8 Å². The van der Waals surface area contributed by atoms with E-state index in [9.17, 15) is 9.59 Å². The number of hydrogen-bond acceptors (Lipinski definition) is 3. The van der Waals surface area contributed by atoms with E-state index in [0.717, 1.165) is 25.7 Å². The van der Waals surface area contributed by atoms with Crippen LogP contribution in [-0.2, 0) is 14.3 Å². The monoisotopic (exact) mass is 339 g/mol. The Kier molecular flexibility index (Phi) is 8.79. The summed E-state index contributed by atoms with van der Waals surface area (Å²) >= 11 is 0. The highest BCUT2D eigenvalue weighted by molar-refractivity contribution is 5.86. The smallest absolute Gasteiger partial charge is 0.328 e. The molecular weight excluding hydrogens is 302 g/mol. The lowest BCUT2D eigenvalue weighted by atomic mass is 9.69. The fourth-order valence-corrected chi connectivity index (χ4v) is 3.91. The molecule has 0 bridgehead atoms. The molecule has 1 fully saturated rings. The van der Waals surface area contributed by atoms with E-state index < -0.39 is 6.04 Å². The van der Waals surface area contributed by atoms with Gasteiger partial charge >= 0.3 is 5.97 Å². The third kappa shape index (κ3) is 5.49. The molecule has 1 amide bonds. The van der Waals surface area contributed by atoms with Gasteiger partial charge in [0, 0.05) is 13.0 Å². The summed E-state index contributed by atoms with van der Waals surface area (Å²) in [6.45, 7) is 11.1. The second kappa shape index (κ2) is 10.0. The van der Waals surface area contributed by atoms with Crippen LogP contribution in [0.2, 0.25) is 0 Å². The lowest BCUT2D eigenvalue weighted by Gasteiger charge is -2.39. The average Bonchev–Trinajstić information content (AvgIpc) is 2.54. The first kappa shape index (κ1) is 21.0. The molecule has 4 atom stereocenters. The fourth-order valence-electron chi connectivity index (χ4n) is 3.91. The number of likely N-dealkylation sites (N-methyl/N-ethyl adjacent to an activating group) is 1. The second-order valence-corrected chi connectivity index (χ2v) is 7.83. The molecule has 24 heavy (non-hydrogen) atoms. The Morgan fingerprint density at radius 3 is 2.42 bits per heavy atom. The summed E-state index contributed by atoms with van der Waals surface area (Å²) in [5.41, 5.74) is 0. The van der Waals surface area contributed by atoms with Gasteiger partial charge < -0.3 is 9.64 Å². The number of hydrogen-bond donors (Lipinski definition) is 0. The van der Waals surface area contributed by atoms with Gasteiger partial charge in [0.15, 0.2) is 0 Å². The number of amides is 1. The van der Waals surface area contributed by atoms with Gasteiger partial charge in [0.25, 0.3) is 0 Å². The van der Waals surface area contributed by atoms with Gasteiger partial charge in [-0.3, -0.25) is 4.79 Å². The molecule has 1 saturated carbocycles. The van der Waals surface area contributed by atoms with Crippen molar-refractivity contribution in [2.45, 2.75) is 79.2 Å². The van der Waals surface area contributed by atoms with Gasteiger partial charge in [-0.1, -0.05) is 47.5 Å². The van der Waals surface area contributed by atoms with E-state index in [1.54, 1.807) is 11.9 Å². The fraction of sp³-hybridized carbons (Fsp3) is 0.900. The highest BCUT2D eigenvalue weighted by Gasteiger charge is 2.39. The molecule has 0 aromatic heterocycles. The third-order valence-corrected chi connectivity index (χ3v) is 5.56. The lowest BCUT2D eigenvalue weighted by Crippen LogP contribution is -2.48. The SMILES string of the molecule is CCCCOC(=O)C(CC)N(C)C(=O)[C@@H]1C[C@H](C)CC[C@H]1C(C)C. The van der Waals surface area contributed by atoms with Crippen molar-refractivity contribution in [1.29, 1.82) is 0 Å². The molecular formula is C20H37NO3. The van der Waals surface area contributed by atoms with Crippen LogP contribution in [0.4, 0.5) is 0 Å². The predicted molar refractivity (Wildman–Crippen MR) is 97.5 cm³/mol. The number of unbranched alkanes of at least 4 members (excludes halogenated alkanes) is 1. The number of ether oxygens (including phenoxy) is 1. The molecule has 0 aromatic rings. The maximum Gasteiger partial charge on any atom is 0.328 e. The first-order chi connectivity index (χ1) is 11.3. The summed E-state index contributed by atoms with van der Waals surface area (Å²) in [6, 6.07) is -0.459. The molecule has 0 N–H and O–H groups in total. The highest BCUT2D eigenvalue weighted by Crippen LogP contribution is 2.39. The Labute approximate surface area is 148 Å².